The molecule has 2 aromatic heterocycles. The van der Waals surface area contributed by atoms with Crippen LogP contribution in [0.2, 0.25) is 5.15 Å². The summed E-state index contributed by atoms with van der Waals surface area (Å²) in [6, 6.07) is 3.71. The zero-order valence-electron chi connectivity index (χ0n) is 14.4. The van der Waals surface area contributed by atoms with Crippen LogP contribution in [0.3, 0.4) is 0 Å². The highest BCUT2D eigenvalue weighted by atomic mass is 35.5. The number of carbonyl (C=O) groups is 1. The van der Waals surface area contributed by atoms with E-state index in [1.54, 1.807) is 12.4 Å². The molecule has 0 atom stereocenters. The van der Waals surface area contributed by atoms with Crippen LogP contribution in [0.4, 0.5) is 5.82 Å². The van der Waals surface area contributed by atoms with Crippen LogP contribution in [-0.4, -0.2) is 21.4 Å². The molecule has 0 saturated heterocycles. The Labute approximate surface area is 151 Å². The fourth-order valence-electron chi connectivity index (χ4n) is 2.01. The molecule has 2 N–H and O–H groups in total. The summed E-state index contributed by atoms with van der Waals surface area (Å²) < 4.78 is 3.36. The van der Waals surface area contributed by atoms with Gasteiger partial charge in [-0.15, -0.1) is 0 Å². The van der Waals surface area contributed by atoms with E-state index in [1.165, 1.54) is 18.9 Å². The Hall–Kier alpha value is -1.63. The van der Waals surface area contributed by atoms with Crippen molar-refractivity contribution in [3.63, 3.8) is 0 Å². The zero-order chi connectivity index (χ0) is 17.9. The van der Waals surface area contributed by atoms with E-state index in [2.05, 4.69) is 40.8 Å². The number of nitrogens with one attached hydrogen (secondary N) is 2. The Morgan fingerprint density at radius 2 is 2.00 bits per heavy atom. The Kier molecular flexibility index (Phi) is 5.85. The highest BCUT2D eigenvalue weighted by molar-refractivity contribution is 7.97. The van der Waals surface area contributed by atoms with Crippen molar-refractivity contribution in [2.24, 2.45) is 0 Å². The molecule has 0 radical (unpaired) electrons. The monoisotopic (exact) mass is 364 g/mol. The van der Waals surface area contributed by atoms with Crippen LogP contribution in [0.5, 0.6) is 0 Å². The maximum absolute atomic E-state index is 11.2. The minimum Gasteiger partial charge on any atom is -0.311 e. The van der Waals surface area contributed by atoms with E-state index in [9.17, 15) is 4.79 Å². The van der Waals surface area contributed by atoms with E-state index >= 15 is 0 Å². The number of pyridine rings is 2. The van der Waals surface area contributed by atoms with Crippen molar-refractivity contribution in [3.05, 3.63) is 35.2 Å². The molecule has 24 heavy (non-hydrogen) atoms. The van der Waals surface area contributed by atoms with Gasteiger partial charge >= 0.3 is 0 Å². The molecule has 0 saturated carbocycles. The number of hydrogen-bond acceptors (Lipinski definition) is 5. The number of halogens is 1. The second-order valence-corrected chi connectivity index (χ2v) is 7.66. The minimum atomic E-state index is -0.156. The van der Waals surface area contributed by atoms with Gasteiger partial charge in [0.2, 0.25) is 5.91 Å². The molecule has 0 aromatic carbocycles. The molecule has 2 rings (SSSR count). The molecule has 7 heteroatoms. The standard InChI is InChI=1S/C17H21ClN4OS/c1-10-13(12-6-7-19-14(8-12)21-11(2)23)9-20-16(18)15(10)24-22-17(3,4)5/h6-9,22H,1-5H3,(H,19,21,23). The molecule has 0 spiro atoms. The van der Waals surface area contributed by atoms with E-state index in [0.29, 0.717) is 11.0 Å². The maximum atomic E-state index is 11.2. The highest BCUT2D eigenvalue weighted by Gasteiger charge is 2.16. The number of anilines is 1. The summed E-state index contributed by atoms with van der Waals surface area (Å²) in [5, 5.41) is 3.16. The van der Waals surface area contributed by atoms with Gasteiger partial charge in [0.05, 0.1) is 4.90 Å². The second-order valence-electron chi connectivity index (χ2n) is 6.48. The summed E-state index contributed by atoms with van der Waals surface area (Å²) in [6.07, 6.45) is 3.40. The minimum absolute atomic E-state index is 0.0499. The van der Waals surface area contributed by atoms with Crippen LogP contribution in [0, 0.1) is 6.92 Å². The van der Waals surface area contributed by atoms with Crippen LogP contribution in [0.25, 0.3) is 11.1 Å². The Morgan fingerprint density at radius 1 is 1.29 bits per heavy atom. The zero-order valence-corrected chi connectivity index (χ0v) is 16.0. The fourth-order valence-corrected chi connectivity index (χ4v) is 3.13. The third-order valence-corrected chi connectivity index (χ3v) is 4.89. The Bertz CT molecular complexity index is 759. The smallest absolute Gasteiger partial charge is 0.222 e. The molecule has 1 amide bonds. The van der Waals surface area contributed by atoms with Gasteiger partial charge in [-0.25, -0.2) is 9.97 Å². The van der Waals surface area contributed by atoms with Crippen LogP contribution in [-0.2, 0) is 4.79 Å². The lowest BCUT2D eigenvalue weighted by atomic mass is 10.0. The van der Waals surface area contributed by atoms with Crippen LogP contribution in [0.15, 0.2) is 29.4 Å². The molecular weight excluding hydrogens is 344 g/mol. The summed E-state index contributed by atoms with van der Waals surface area (Å²) in [5.41, 5.74) is 2.85. The van der Waals surface area contributed by atoms with Gasteiger partial charge in [0.1, 0.15) is 11.0 Å². The van der Waals surface area contributed by atoms with Gasteiger partial charge in [-0.2, -0.15) is 0 Å². The number of hydrogen-bond donors (Lipinski definition) is 2. The van der Waals surface area contributed by atoms with Crippen molar-refractivity contribution < 1.29 is 4.79 Å². The lowest BCUT2D eigenvalue weighted by molar-refractivity contribution is -0.114. The molecule has 0 fully saturated rings. The van der Waals surface area contributed by atoms with E-state index < -0.39 is 0 Å². The first-order chi connectivity index (χ1) is 11.2. The van der Waals surface area contributed by atoms with Crippen molar-refractivity contribution in [3.8, 4) is 11.1 Å². The lowest BCUT2D eigenvalue weighted by Crippen LogP contribution is -2.29. The number of amides is 1. The summed E-state index contributed by atoms with van der Waals surface area (Å²) in [7, 11) is 0. The average Bonchev–Trinajstić information content (AvgIpc) is 2.45. The van der Waals surface area contributed by atoms with Gasteiger partial charge in [-0.3, -0.25) is 9.52 Å². The maximum Gasteiger partial charge on any atom is 0.222 e. The van der Waals surface area contributed by atoms with E-state index in [-0.39, 0.29) is 11.4 Å². The molecule has 5 nitrogen and oxygen atoms in total. The van der Waals surface area contributed by atoms with Crippen LogP contribution in [0.1, 0.15) is 33.3 Å². The Morgan fingerprint density at radius 3 is 2.62 bits per heavy atom. The number of nitrogens with zero attached hydrogens (tertiary/aromatic N) is 2. The predicted octanol–water partition coefficient (Wildman–Crippen LogP) is 4.46. The molecular formula is C17H21ClN4OS. The quantitative estimate of drug-likeness (QED) is 0.619. The predicted molar refractivity (Wildman–Crippen MR) is 100 cm³/mol. The molecule has 128 valence electrons. The third kappa shape index (κ3) is 4.93. The summed E-state index contributed by atoms with van der Waals surface area (Å²) in [5.74, 6) is 0.354. The van der Waals surface area contributed by atoms with Gasteiger partial charge in [0.25, 0.3) is 0 Å². The summed E-state index contributed by atoms with van der Waals surface area (Å²) >= 11 is 7.75. The third-order valence-electron chi connectivity index (χ3n) is 3.07. The number of rotatable bonds is 4. The summed E-state index contributed by atoms with van der Waals surface area (Å²) in [6.45, 7) is 9.72. The molecule has 0 aliphatic rings. The first kappa shape index (κ1) is 18.7. The molecule has 2 heterocycles. The highest BCUT2D eigenvalue weighted by Crippen LogP contribution is 2.35. The van der Waals surface area contributed by atoms with Crippen molar-refractivity contribution in [2.75, 3.05) is 5.32 Å². The molecule has 0 aliphatic carbocycles. The summed E-state index contributed by atoms with van der Waals surface area (Å²) in [4.78, 5) is 20.6. The first-order valence-electron chi connectivity index (χ1n) is 7.50. The normalized spacial score (nSPS) is 11.4. The first-order valence-corrected chi connectivity index (χ1v) is 8.70. The molecule has 0 bridgehead atoms. The molecule has 0 unspecified atom stereocenters. The van der Waals surface area contributed by atoms with E-state index in [4.69, 9.17) is 11.6 Å². The van der Waals surface area contributed by atoms with Crippen molar-refractivity contribution >= 4 is 35.3 Å². The molecule has 2 aromatic rings. The lowest BCUT2D eigenvalue weighted by Gasteiger charge is -2.21. The van der Waals surface area contributed by atoms with Gasteiger partial charge < -0.3 is 5.32 Å². The molecule has 0 aliphatic heterocycles. The number of carbonyl (C=O) groups excluding carboxylic acids is 1. The Balaban J connectivity index is 2.39. The SMILES string of the molecule is CC(=O)Nc1cc(-c2cnc(Cl)c(SNC(C)(C)C)c2C)ccn1. The van der Waals surface area contributed by atoms with E-state index in [1.807, 2.05) is 19.1 Å². The largest absolute Gasteiger partial charge is 0.311 e. The van der Waals surface area contributed by atoms with Crippen molar-refractivity contribution in [1.29, 1.82) is 0 Å². The van der Waals surface area contributed by atoms with Gasteiger partial charge in [-0.1, -0.05) is 11.6 Å². The van der Waals surface area contributed by atoms with Crippen molar-refractivity contribution in [1.82, 2.24) is 14.7 Å². The van der Waals surface area contributed by atoms with Crippen LogP contribution >= 0.6 is 23.5 Å². The van der Waals surface area contributed by atoms with Gasteiger partial charge in [0.15, 0.2) is 0 Å². The van der Waals surface area contributed by atoms with Crippen molar-refractivity contribution in [2.45, 2.75) is 45.1 Å². The number of aromatic nitrogens is 2. The fraction of sp³-hybridized carbons (Fsp3) is 0.353. The van der Waals surface area contributed by atoms with Crippen LogP contribution < -0.4 is 10.0 Å². The van der Waals surface area contributed by atoms with Gasteiger partial charge in [0, 0.05) is 30.4 Å². The van der Waals surface area contributed by atoms with E-state index in [0.717, 1.165) is 21.6 Å². The topological polar surface area (TPSA) is 66.9 Å². The second kappa shape index (κ2) is 7.51. The average molecular weight is 365 g/mol. The van der Waals surface area contributed by atoms with Gasteiger partial charge in [-0.05, 0) is 62.9 Å².